The van der Waals surface area contributed by atoms with E-state index in [1.807, 2.05) is 0 Å². The highest BCUT2D eigenvalue weighted by Crippen LogP contribution is 2.28. The topological polar surface area (TPSA) is 0 Å². The molecule has 0 aromatic rings. The van der Waals surface area contributed by atoms with Crippen molar-refractivity contribution < 1.29 is 0 Å². The molecule has 0 bridgehead atoms. The summed E-state index contributed by atoms with van der Waals surface area (Å²) >= 11 is 0. The maximum atomic E-state index is 2.25. The van der Waals surface area contributed by atoms with Gasteiger partial charge in [0, 0.05) is 11.8 Å². The van der Waals surface area contributed by atoms with E-state index in [9.17, 15) is 0 Å². The van der Waals surface area contributed by atoms with Gasteiger partial charge in [-0.25, -0.2) is 0 Å². The average Bonchev–Trinajstić information content (AvgIpc) is 2.87. The first kappa shape index (κ1) is 9.26. The van der Waals surface area contributed by atoms with Crippen LogP contribution in [0.5, 0.6) is 0 Å². The van der Waals surface area contributed by atoms with Crippen molar-refractivity contribution in [2.75, 3.05) is 0 Å². The first-order valence-corrected chi connectivity index (χ1v) is 5.16. The quantitative estimate of drug-likeness (QED) is 0.572. The zero-order valence-corrected chi connectivity index (χ0v) is 8.77. The third-order valence-electron chi connectivity index (χ3n) is 3.12. The molecule has 14 heavy (non-hydrogen) atoms. The Morgan fingerprint density at radius 2 is 0.929 bits per heavy atom. The molecule has 0 fully saturated rings. The SMILES string of the molecule is C/C(=C(/C)C1C=CC=C1)C1C=CC=C1. The number of hydrogen-bond acceptors (Lipinski definition) is 0. The lowest BCUT2D eigenvalue weighted by Crippen LogP contribution is -2.01. The van der Waals surface area contributed by atoms with E-state index in [-0.39, 0.29) is 0 Å². The largest absolute Gasteiger partial charge is 0.0736 e. The zero-order valence-electron chi connectivity index (χ0n) is 8.77. The molecule has 0 N–H and O–H groups in total. The summed E-state index contributed by atoms with van der Waals surface area (Å²) in [7, 11) is 0. The Hall–Kier alpha value is -1.30. The Balaban J connectivity index is 2.21. The highest BCUT2D eigenvalue weighted by atomic mass is 14.2. The van der Waals surface area contributed by atoms with Gasteiger partial charge in [0.1, 0.15) is 0 Å². The Bertz CT molecular complexity index is 301. The van der Waals surface area contributed by atoms with Crippen LogP contribution in [0.2, 0.25) is 0 Å². The molecule has 72 valence electrons. The van der Waals surface area contributed by atoms with Gasteiger partial charge in [-0.3, -0.25) is 0 Å². The highest BCUT2D eigenvalue weighted by molar-refractivity contribution is 5.36. The van der Waals surface area contributed by atoms with Gasteiger partial charge < -0.3 is 0 Å². The third kappa shape index (κ3) is 1.65. The predicted molar refractivity (Wildman–Crippen MR) is 61.9 cm³/mol. The van der Waals surface area contributed by atoms with Gasteiger partial charge in [-0.15, -0.1) is 0 Å². The summed E-state index contributed by atoms with van der Waals surface area (Å²) in [5, 5.41) is 0. The molecule has 0 amide bonds. The third-order valence-corrected chi connectivity index (χ3v) is 3.12. The van der Waals surface area contributed by atoms with E-state index in [2.05, 4.69) is 62.5 Å². The number of hydrogen-bond donors (Lipinski definition) is 0. The summed E-state index contributed by atoms with van der Waals surface area (Å²) in [6, 6.07) is 0. The van der Waals surface area contributed by atoms with Crippen LogP contribution < -0.4 is 0 Å². The summed E-state index contributed by atoms with van der Waals surface area (Å²) in [4.78, 5) is 0. The second kappa shape index (κ2) is 3.83. The van der Waals surface area contributed by atoms with Gasteiger partial charge >= 0.3 is 0 Å². The van der Waals surface area contributed by atoms with Gasteiger partial charge in [0.2, 0.25) is 0 Å². The van der Waals surface area contributed by atoms with Crippen LogP contribution in [0.25, 0.3) is 0 Å². The van der Waals surface area contributed by atoms with Crippen LogP contribution in [-0.2, 0) is 0 Å². The molecule has 0 heteroatoms. The van der Waals surface area contributed by atoms with Crippen molar-refractivity contribution in [2.24, 2.45) is 11.8 Å². The van der Waals surface area contributed by atoms with Crippen LogP contribution in [0.15, 0.2) is 59.8 Å². The van der Waals surface area contributed by atoms with Crippen LogP contribution in [0.4, 0.5) is 0 Å². The fourth-order valence-electron chi connectivity index (χ4n) is 1.97. The molecule has 2 rings (SSSR count). The molecule has 0 saturated heterocycles. The van der Waals surface area contributed by atoms with Crippen LogP contribution in [0, 0.1) is 11.8 Å². The lowest BCUT2D eigenvalue weighted by atomic mass is 9.90. The van der Waals surface area contributed by atoms with Gasteiger partial charge in [0.25, 0.3) is 0 Å². The smallest absolute Gasteiger partial charge is 0.0163 e. The van der Waals surface area contributed by atoms with Crippen LogP contribution in [0.3, 0.4) is 0 Å². The fourth-order valence-corrected chi connectivity index (χ4v) is 1.97. The van der Waals surface area contributed by atoms with Gasteiger partial charge in [-0.2, -0.15) is 0 Å². The normalized spacial score (nSPS) is 22.4. The first-order valence-electron chi connectivity index (χ1n) is 5.16. The van der Waals surface area contributed by atoms with Crippen LogP contribution in [0.1, 0.15) is 13.8 Å². The Kier molecular flexibility index (Phi) is 2.53. The van der Waals surface area contributed by atoms with E-state index >= 15 is 0 Å². The molecule has 0 unspecified atom stereocenters. The second-order valence-corrected chi connectivity index (χ2v) is 3.96. The van der Waals surface area contributed by atoms with Gasteiger partial charge in [0.15, 0.2) is 0 Å². The summed E-state index contributed by atoms with van der Waals surface area (Å²) in [5.41, 5.74) is 2.97. The minimum atomic E-state index is 0.525. The highest BCUT2D eigenvalue weighted by Gasteiger charge is 2.13. The van der Waals surface area contributed by atoms with E-state index in [4.69, 9.17) is 0 Å². The Morgan fingerprint density at radius 3 is 1.21 bits per heavy atom. The summed E-state index contributed by atoms with van der Waals surface area (Å²) in [6.45, 7) is 4.47. The van der Waals surface area contributed by atoms with Crippen molar-refractivity contribution in [3.05, 3.63) is 59.8 Å². The van der Waals surface area contributed by atoms with Crippen molar-refractivity contribution in [1.82, 2.24) is 0 Å². The van der Waals surface area contributed by atoms with E-state index in [1.54, 1.807) is 0 Å². The van der Waals surface area contributed by atoms with Crippen molar-refractivity contribution in [3.63, 3.8) is 0 Å². The maximum Gasteiger partial charge on any atom is 0.0163 e. The van der Waals surface area contributed by atoms with Crippen molar-refractivity contribution in [3.8, 4) is 0 Å². The average molecular weight is 184 g/mol. The lowest BCUT2D eigenvalue weighted by Gasteiger charge is -2.14. The number of allylic oxidation sites excluding steroid dienone is 10. The van der Waals surface area contributed by atoms with Crippen LogP contribution >= 0.6 is 0 Å². The minimum absolute atomic E-state index is 0.525. The monoisotopic (exact) mass is 184 g/mol. The van der Waals surface area contributed by atoms with Crippen molar-refractivity contribution >= 4 is 0 Å². The van der Waals surface area contributed by atoms with Crippen molar-refractivity contribution in [2.45, 2.75) is 13.8 Å². The van der Waals surface area contributed by atoms with Crippen molar-refractivity contribution in [1.29, 1.82) is 0 Å². The summed E-state index contributed by atoms with van der Waals surface area (Å²) in [6.07, 6.45) is 17.5. The predicted octanol–water partition coefficient (Wildman–Crippen LogP) is 3.81. The molecule has 0 saturated carbocycles. The molecule has 0 aromatic carbocycles. The minimum Gasteiger partial charge on any atom is -0.0736 e. The van der Waals surface area contributed by atoms with Gasteiger partial charge in [0.05, 0.1) is 0 Å². The molecular formula is C14H16. The van der Waals surface area contributed by atoms with E-state index in [1.165, 1.54) is 11.1 Å². The molecule has 0 radical (unpaired) electrons. The fraction of sp³-hybridized carbons (Fsp3) is 0.286. The summed E-state index contributed by atoms with van der Waals surface area (Å²) in [5.74, 6) is 1.05. The molecule has 0 aromatic heterocycles. The molecular weight excluding hydrogens is 168 g/mol. The molecule has 0 heterocycles. The van der Waals surface area contributed by atoms with E-state index in [0.29, 0.717) is 11.8 Å². The molecule has 0 aliphatic heterocycles. The number of rotatable bonds is 2. The molecule has 2 aliphatic carbocycles. The van der Waals surface area contributed by atoms with Gasteiger partial charge in [-0.1, -0.05) is 59.8 Å². The zero-order chi connectivity index (χ0) is 9.97. The second-order valence-electron chi connectivity index (χ2n) is 3.96. The van der Waals surface area contributed by atoms with Crippen LogP contribution in [-0.4, -0.2) is 0 Å². The lowest BCUT2D eigenvalue weighted by molar-refractivity contribution is 0.875. The molecule has 0 spiro atoms. The van der Waals surface area contributed by atoms with E-state index < -0.39 is 0 Å². The molecule has 0 atom stereocenters. The van der Waals surface area contributed by atoms with E-state index in [0.717, 1.165) is 0 Å². The first-order chi connectivity index (χ1) is 6.79. The molecule has 0 nitrogen and oxygen atoms in total. The summed E-state index contributed by atoms with van der Waals surface area (Å²) < 4.78 is 0. The Morgan fingerprint density at radius 1 is 0.643 bits per heavy atom. The Labute approximate surface area is 86.0 Å². The standard InChI is InChI=1S/C14H16/c1-11(13-7-3-4-8-13)12(2)14-9-5-6-10-14/h3-10,13-14H,1-2H3/b12-11+. The van der Waals surface area contributed by atoms with Gasteiger partial charge in [-0.05, 0) is 13.8 Å². The molecule has 2 aliphatic rings. The maximum absolute atomic E-state index is 2.25.